The third kappa shape index (κ3) is 3.91. The lowest BCUT2D eigenvalue weighted by Crippen LogP contribution is -2.24. The number of aromatic nitrogens is 2. The Bertz CT molecular complexity index is 502. The van der Waals surface area contributed by atoms with Gasteiger partial charge in [0.1, 0.15) is 17.5 Å². The van der Waals surface area contributed by atoms with Gasteiger partial charge in [0.05, 0.1) is 0 Å². The van der Waals surface area contributed by atoms with Crippen LogP contribution in [-0.2, 0) is 10.8 Å². The Morgan fingerprint density at radius 3 is 2.55 bits per heavy atom. The van der Waals surface area contributed by atoms with Crippen LogP contribution in [0.4, 0.5) is 11.6 Å². The maximum absolute atomic E-state index is 11.3. The zero-order valence-corrected chi connectivity index (χ0v) is 13.5. The van der Waals surface area contributed by atoms with Crippen molar-refractivity contribution in [2.45, 2.75) is 45.6 Å². The summed E-state index contributed by atoms with van der Waals surface area (Å²) >= 11 is 0. The molecule has 2 rings (SSSR count). The molecule has 2 atom stereocenters. The maximum Gasteiger partial charge on any atom is 0.136 e. The molecule has 1 aromatic rings. The largest absolute Gasteiger partial charge is 0.370 e. The second-order valence-corrected chi connectivity index (χ2v) is 6.97. The summed E-state index contributed by atoms with van der Waals surface area (Å²) in [7, 11) is -0.808. The zero-order valence-electron chi connectivity index (χ0n) is 12.7. The van der Waals surface area contributed by atoms with Crippen molar-refractivity contribution in [3.63, 3.8) is 0 Å². The lowest BCUT2D eigenvalue weighted by Gasteiger charge is -2.18. The standard InChI is InChI=1S/C14H24N4OS/c1-5-15-12-10(3)13(16-9(2)8-20(4)19)18-14(17-12)11-6-7-11/h9,11H,5-8H2,1-4H3,(H2,15,16,17,18). The Kier molecular flexibility index (Phi) is 4.96. The normalized spacial score (nSPS) is 17.6. The molecule has 6 heteroatoms. The molecule has 2 N–H and O–H groups in total. The van der Waals surface area contributed by atoms with Gasteiger partial charge in [0.25, 0.3) is 0 Å². The molecule has 2 unspecified atom stereocenters. The van der Waals surface area contributed by atoms with E-state index in [0.29, 0.717) is 11.7 Å². The van der Waals surface area contributed by atoms with E-state index in [1.807, 2.05) is 13.8 Å². The van der Waals surface area contributed by atoms with E-state index in [4.69, 9.17) is 0 Å². The van der Waals surface area contributed by atoms with Crippen molar-refractivity contribution in [3.05, 3.63) is 11.4 Å². The van der Waals surface area contributed by atoms with E-state index in [1.165, 1.54) is 12.8 Å². The fraction of sp³-hybridized carbons (Fsp3) is 0.714. The fourth-order valence-electron chi connectivity index (χ4n) is 2.17. The summed E-state index contributed by atoms with van der Waals surface area (Å²) in [6.45, 7) is 6.96. The summed E-state index contributed by atoms with van der Waals surface area (Å²) in [4.78, 5) is 9.29. The van der Waals surface area contributed by atoms with Crippen LogP contribution in [0.3, 0.4) is 0 Å². The van der Waals surface area contributed by atoms with Crippen LogP contribution >= 0.6 is 0 Å². The quantitative estimate of drug-likeness (QED) is 0.808. The molecule has 0 aromatic carbocycles. The molecule has 0 spiro atoms. The minimum absolute atomic E-state index is 0.135. The van der Waals surface area contributed by atoms with Crippen molar-refractivity contribution in [3.8, 4) is 0 Å². The molecule has 0 radical (unpaired) electrons. The van der Waals surface area contributed by atoms with E-state index in [2.05, 4.69) is 27.5 Å². The molecule has 0 saturated heterocycles. The van der Waals surface area contributed by atoms with Gasteiger partial charge in [-0.05, 0) is 33.6 Å². The van der Waals surface area contributed by atoms with Gasteiger partial charge in [0, 0.05) is 46.9 Å². The molecule has 1 aromatic heterocycles. The second kappa shape index (κ2) is 6.52. The SMILES string of the molecule is CCNc1nc(C2CC2)nc(NC(C)CS(C)=O)c1C. The highest BCUT2D eigenvalue weighted by molar-refractivity contribution is 7.84. The van der Waals surface area contributed by atoms with E-state index < -0.39 is 10.8 Å². The van der Waals surface area contributed by atoms with Gasteiger partial charge in [-0.1, -0.05) is 0 Å². The Morgan fingerprint density at radius 1 is 1.35 bits per heavy atom. The first kappa shape index (κ1) is 15.2. The molecular formula is C14H24N4OS. The third-order valence-electron chi connectivity index (χ3n) is 3.32. The fourth-order valence-corrected chi connectivity index (χ4v) is 2.95. The first-order valence-electron chi connectivity index (χ1n) is 7.20. The Hall–Kier alpha value is -1.17. The molecule has 1 aliphatic carbocycles. The summed E-state index contributed by atoms with van der Waals surface area (Å²) in [6, 6.07) is 0.135. The highest BCUT2D eigenvalue weighted by atomic mass is 32.2. The Balaban J connectivity index is 2.23. The summed E-state index contributed by atoms with van der Waals surface area (Å²) in [5.41, 5.74) is 1.03. The minimum Gasteiger partial charge on any atom is -0.370 e. The maximum atomic E-state index is 11.3. The van der Waals surface area contributed by atoms with E-state index in [1.54, 1.807) is 6.26 Å². The van der Waals surface area contributed by atoms with E-state index in [9.17, 15) is 4.21 Å². The van der Waals surface area contributed by atoms with Gasteiger partial charge < -0.3 is 10.6 Å². The molecule has 5 nitrogen and oxygen atoms in total. The average molecular weight is 296 g/mol. The van der Waals surface area contributed by atoms with Gasteiger partial charge in [0.2, 0.25) is 0 Å². The second-order valence-electron chi connectivity index (χ2n) is 5.49. The predicted octanol–water partition coefficient (Wildman–Crippen LogP) is 2.27. The highest BCUT2D eigenvalue weighted by Gasteiger charge is 2.28. The van der Waals surface area contributed by atoms with Crippen LogP contribution in [0.1, 0.15) is 44.0 Å². The molecule has 0 amide bonds. The Labute approximate surface area is 123 Å². The van der Waals surface area contributed by atoms with Gasteiger partial charge >= 0.3 is 0 Å². The lowest BCUT2D eigenvalue weighted by atomic mass is 10.2. The van der Waals surface area contributed by atoms with Crippen molar-refractivity contribution >= 4 is 22.4 Å². The van der Waals surface area contributed by atoms with Gasteiger partial charge in [0.15, 0.2) is 0 Å². The number of anilines is 2. The molecular weight excluding hydrogens is 272 g/mol. The van der Waals surface area contributed by atoms with Gasteiger partial charge in [-0.25, -0.2) is 9.97 Å². The van der Waals surface area contributed by atoms with Crippen molar-refractivity contribution < 1.29 is 4.21 Å². The number of nitrogens with one attached hydrogen (secondary N) is 2. The molecule has 1 fully saturated rings. The minimum atomic E-state index is -0.808. The van der Waals surface area contributed by atoms with E-state index in [0.717, 1.165) is 29.6 Å². The molecule has 20 heavy (non-hydrogen) atoms. The van der Waals surface area contributed by atoms with E-state index in [-0.39, 0.29) is 6.04 Å². The van der Waals surface area contributed by atoms with Crippen molar-refractivity contribution in [1.29, 1.82) is 0 Å². The summed E-state index contributed by atoms with van der Waals surface area (Å²) in [5, 5.41) is 6.68. The van der Waals surface area contributed by atoms with Crippen molar-refractivity contribution in [1.82, 2.24) is 9.97 Å². The summed E-state index contributed by atoms with van der Waals surface area (Å²) in [5.74, 6) is 3.86. The first-order valence-corrected chi connectivity index (χ1v) is 8.93. The monoisotopic (exact) mass is 296 g/mol. The highest BCUT2D eigenvalue weighted by Crippen LogP contribution is 2.39. The molecule has 1 saturated carbocycles. The van der Waals surface area contributed by atoms with Gasteiger partial charge in [-0.2, -0.15) is 0 Å². The summed E-state index contributed by atoms with van der Waals surface area (Å²) < 4.78 is 11.3. The third-order valence-corrected chi connectivity index (χ3v) is 4.29. The predicted molar refractivity (Wildman–Crippen MR) is 84.9 cm³/mol. The average Bonchev–Trinajstić information content (AvgIpc) is 3.17. The van der Waals surface area contributed by atoms with Gasteiger partial charge in [-0.3, -0.25) is 4.21 Å². The topological polar surface area (TPSA) is 66.9 Å². The molecule has 0 aliphatic heterocycles. The van der Waals surface area contributed by atoms with Crippen molar-refractivity contribution in [2.75, 3.05) is 29.2 Å². The van der Waals surface area contributed by atoms with Crippen LogP contribution in [-0.4, -0.2) is 38.8 Å². The smallest absolute Gasteiger partial charge is 0.136 e. The van der Waals surface area contributed by atoms with Crippen LogP contribution in [0.15, 0.2) is 0 Å². The number of nitrogens with zero attached hydrogens (tertiary/aromatic N) is 2. The van der Waals surface area contributed by atoms with Gasteiger partial charge in [-0.15, -0.1) is 0 Å². The lowest BCUT2D eigenvalue weighted by molar-refractivity contribution is 0.682. The molecule has 112 valence electrons. The van der Waals surface area contributed by atoms with E-state index >= 15 is 0 Å². The number of hydrogen-bond donors (Lipinski definition) is 2. The molecule has 0 bridgehead atoms. The van der Waals surface area contributed by atoms with Crippen LogP contribution in [0.5, 0.6) is 0 Å². The zero-order chi connectivity index (χ0) is 14.7. The van der Waals surface area contributed by atoms with Crippen LogP contribution in [0.2, 0.25) is 0 Å². The summed E-state index contributed by atoms with van der Waals surface area (Å²) in [6.07, 6.45) is 4.09. The van der Waals surface area contributed by atoms with Crippen LogP contribution < -0.4 is 10.6 Å². The number of rotatable bonds is 7. The number of hydrogen-bond acceptors (Lipinski definition) is 5. The Morgan fingerprint density at radius 2 is 2.00 bits per heavy atom. The molecule has 1 heterocycles. The first-order chi connectivity index (χ1) is 9.51. The van der Waals surface area contributed by atoms with Crippen LogP contribution in [0.25, 0.3) is 0 Å². The van der Waals surface area contributed by atoms with Crippen molar-refractivity contribution in [2.24, 2.45) is 0 Å². The van der Waals surface area contributed by atoms with Crippen LogP contribution in [0, 0.1) is 6.92 Å². The molecule has 1 aliphatic rings.